The monoisotopic (exact) mass is 719 g/mol. The van der Waals surface area contributed by atoms with Crippen LogP contribution in [0.15, 0.2) is 108 Å². The summed E-state index contributed by atoms with van der Waals surface area (Å²) in [4.78, 5) is 29.4. The molecule has 7 nitrogen and oxygen atoms in total. The SMILES string of the molecule is CCC(C)NC(=O)C(Cc1ccccc1)N(Cc1c(Cl)cccc1Cl)C(=O)CN(c1cccc(C(F)(F)F)c1)S(=O)(=O)c1ccccc1. The maximum atomic E-state index is 14.5. The molecule has 0 aliphatic heterocycles. The average molecular weight is 721 g/mol. The number of hydrogen-bond acceptors (Lipinski definition) is 4. The number of benzene rings is 4. The summed E-state index contributed by atoms with van der Waals surface area (Å²) in [5.74, 6) is -1.38. The Hall–Kier alpha value is -4.06. The Morgan fingerprint density at radius 1 is 0.854 bits per heavy atom. The van der Waals surface area contributed by atoms with Crippen molar-refractivity contribution in [3.63, 3.8) is 0 Å². The number of halogens is 5. The van der Waals surface area contributed by atoms with Crippen LogP contribution in [-0.4, -0.2) is 43.8 Å². The maximum absolute atomic E-state index is 14.5. The Balaban J connectivity index is 1.87. The van der Waals surface area contributed by atoms with Gasteiger partial charge in [-0.15, -0.1) is 0 Å². The van der Waals surface area contributed by atoms with Gasteiger partial charge in [-0.3, -0.25) is 13.9 Å². The van der Waals surface area contributed by atoms with Crippen molar-refractivity contribution in [3.05, 3.63) is 130 Å². The Morgan fingerprint density at radius 3 is 2.02 bits per heavy atom. The van der Waals surface area contributed by atoms with Gasteiger partial charge in [0.25, 0.3) is 10.0 Å². The number of carbonyl (C=O) groups excluding carboxylic acids is 2. The van der Waals surface area contributed by atoms with E-state index in [4.69, 9.17) is 23.2 Å². The third-order valence-electron chi connectivity index (χ3n) is 7.73. The topological polar surface area (TPSA) is 86.8 Å². The molecule has 0 spiro atoms. The van der Waals surface area contributed by atoms with Crippen molar-refractivity contribution in [1.82, 2.24) is 10.2 Å². The van der Waals surface area contributed by atoms with Crippen LogP contribution in [0.25, 0.3) is 0 Å². The van der Waals surface area contributed by atoms with E-state index in [-0.39, 0.29) is 39.6 Å². The van der Waals surface area contributed by atoms with Crippen LogP contribution in [0.2, 0.25) is 10.0 Å². The number of sulfonamides is 1. The summed E-state index contributed by atoms with van der Waals surface area (Å²) < 4.78 is 70.1. The lowest BCUT2D eigenvalue weighted by Crippen LogP contribution is -2.54. The fraction of sp³-hybridized carbons (Fsp3) is 0.257. The fourth-order valence-corrected chi connectivity index (χ4v) is 6.88. The standard InChI is InChI=1S/C35H34Cl2F3N3O4S/c1-3-24(2)41-34(45)32(20-25-12-6-4-7-13-25)42(22-29-30(36)18-11-19-31(29)37)33(44)23-43(48(46,47)28-16-8-5-9-17-28)27-15-10-14-26(21-27)35(38,39)40/h4-19,21,24,32H,3,20,22-23H2,1-2H3,(H,41,45). The molecule has 2 amide bonds. The highest BCUT2D eigenvalue weighted by atomic mass is 35.5. The van der Waals surface area contributed by atoms with E-state index in [0.717, 1.165) is 12.1 Å². The van der Waals surface area contributed by atoms with Gasteiger partial charge < -0.3 is 10.2 Å². The van der Waals surface area contributed by atoms with Gasteiger partial charge in [0.2, 0.25) is 11.8 Å². The zero-order chi connectivity index (χ0) is 35.1. The van der Waals surface area contributed by atoms with Gasteiger partial charge in [-0.05, 0) is 61.4 Å². The van der Waals surface area contributed by atoms with E-state index < -0.39 is 46.2 Å². The Labute approximate surface area is 288 Å². The van der Waals surface area contributed by atoms with Gasteiger partial charge in [0.15, 0.2) is 0 Å². The van der Waals surface area contributed by atoms with Crippen molar-refractivity contribution in [2.45, 2.75) is 56.4 Å². The second-order valence-electron chi connectivity index (χ2n) is 11.1. The lowest BCUT2D eigenvalue weighted by atomic mass is 10.0. The molecule has 0 heterocycles. The van der Waals surface area contributed by atoms with Gasteiger partial charge in [0, 0.05) is 34.6 Å². The molecule has 0 aromatic heterocycles. The van der Waals surface area contributed by atoms with Crippen LogP contribution in [0, 0.1) is 0 Å². The summed E-state index contributed by atoms with van der Waals surface area (Å²) in [6, 6.07) is 23.0. The first-order chi connectivity index (χ1) is 22.7. The molecule has 0 saturated heterocycles. The first kappa shape index (κ1) is 36.8. The van der Waals surface area contributed by atoms with Crippen molar-refractivity contribution in [3.8, 4) is 0 Å². The average Bonchev–Trinajstić information content (AvgIpc) is 3.06. The largest absolute Gasteiger partial charge is 0.416 e. The minimum absolute atomic E-state index is 0.0336. The Bertz CT molecular complexity index is 1810. The minimum atomic E-state index is -4.79. The van der Waals surface area contributed by atoms with Crippen molar-refractivity contribution < 1.29 is 31.2 Å². The third kappa shape index (κ3) is 9.09. The molecule has 13 heteroatoms. The molecule has 4 rings (SSSR count). The number of alkyl halides is 3. The predicted molar refractivity (Wildman–Crippen MR) is 181 cm³/mol. The second-order valence-corrected chi connectivity index (χ2v) is 13.8. The van der Waals surface area contributed by atoms with Gasteiger partial charge >= 0.3 is 6.18 Å². The van der Waals surface area contributed by atoms with Gasteiger partial charge in [-0.25, -0.2) is 8.42 Å². The van der Waals surface area contributed by atoms with Crippen molar-refractivity contribution in [1.29, 1.82) is 0 Å². The number of amides is 2. The van der Waals surface area contributed by atoms with Crippen molar-refractivity contribution in [2.24, 2.45) is 0 Å². The zero-order valence-corrected chi connectivity index (χ0v) is 28.5. The number of carbonyl (C=O) groups is 2. The van der Waals surface area contributed by atoms with Crippen LogP contribution in [0.5, 0.6) is 0 Å². The van der Waals surface area contributed by atoms with Crippen LogP contribution < -0.4 is 9.62 Å². The molecule has 4 aromatic carbocycles. The minimum Gasteiger partial charge on any atom is -0.352 e. The highest BCUT2D eigenvalue weighted by molar-refractivity contribution is 7.92. The normalized spacial score (nSPS) is 13.0. The summed E-state index contributed by atoms with van der Waals surface area (Å²) in [7, 11) is -4.60. The molecule has 0 bridgehead atoms. The van der Waals surface area contributed by atoms with Crippen LogP contribution in [0.1, 0.15) is 37.0 Å². The van der Waals surface area contributed by atoms with Gasteiger partial charge in [-0.1, -0.05) is 90.8 Å². The second kappa shape index (κ2) is 15.9. The molecule has 2 unspecified atom stereocenters. The summed E-state index contributed by atoms with van der Waals surface area (Å²) in [5, 5.41) is 3.31. The van der Waals surface area contributed by atoms with E-state index in [2.05, 4.69) is 5.32 Å². The lowest BCUT2D eigenvalue weighted by Gasteiger charge is -2.34. The first-order valence-corrected chi connectivity index (χ1v) is 17.2. The van der Waals surface area contributed by atoms with E-state index in [1.165, 1.54) is 35.2 Å². The molecule has 0 radical (unpaired) electrons. The number of hydrogen-bond donors (Lipinski definition) is 1. The quantitative estimate of drug-likeness (QED) is 0.153. The summed E-state index contributed by atoms with van der Waals surface area (Å²) in [5.41, 5.74) is -0.478. The molecule has 1 N–H and O–H groups in total. The fourth-order valence-electron chi connectivity index (χ4n) is 4.93. The molecule has 0 saturated carbocycles. The molecular formula is C35H34Cl2F3N3O4S. The number of anilines is 1. The highest BCUT2D eigenvalue weighted by Crippen LogP contribution is 2.34. The molecule has 2 atom stereocenters. The van der Waals surface area contributed by atoms with Gasteiger partial charge in [0.05, 0.1) is 16.1 Å². The molecule has 0 fully saturated rings. The maximum Gasteiger partial charge on any atom is 0.416 e. The highest BCUT2D eigenvalue weighted by Gasteiger charge is 2.37. The smallest absolute Gasteiger partial charge is 0.352 e. The Morgan fingerprint density at radius 2 is 1.44 bits per heavy atom. The van der Waals surface area contributed by atoms with Crippen LogP contribution >= 0.6 is 23.2 Å². The third-order valence-corrected chi connectivity index (χ3v) is 10.2. The van der Waals surface area contributed by atoms with Gasteiger partial charge in [-0.2, -0.15) is 13.2 Å². The van der Waals surface area contributed by atoms with E-state index >= 15 is 0 Å². The van der Waals surface area contributed by atoms with Gasteiger partial charge in [0.1, 0.15) is 12.6 Å². The van der Waals surface area contributed by atoms with E-state index in [9.17, 15) is 31.2 Å². The molecule has 48 heavy (non-hydrogen) atoms. The summed E-state index contributed by atoms with van der Waals surface area (Å²) in [6.07, 6.45) is -4.16. The van der Waals surface area contributed by atoms with E-state index in [0.29, 0.717) is 27.9 Å². The molecule has 4 aromatic rings. The number of rotatable bonds is 13. The van der Waals surface area contributed by atoms with Crippen LogP contribution in [0.3, 0.4) is 0 Å². The number of nitrogens with one attached hydrogen (secondary N) is 1. The molecule has 0 aliphatic rings. The van der Waals surface area contributed by atoms with Crippen molar-refractivity contribution in [2.75, 3.05) is 10.8 Å². The van der Waals surface area contributed by atoms with E-state index in [1.807, 2.05) is 6.92 Å². The lowest BCUT2D eigenvalue weighted by molar-refractivity contribution is -0.140. The summed E-state index contributed by atoms with van der Waals surface area (Å²) in [6.45, 7) is 2.44. The van der Waals surface area contributed by atoms with Crippen LogP contribution in [-0.2, 0) is 38.8 Å². The molecule has 0 aliphatic carbocycles. The first-order valence-electron chi connectivity index (χ1n) is 15.0. The summed E-state index contributed by atoms with van der Waals surface area (Å²) >= 11 is 13.0. The zero-order valence-electron chi connectivity index (χ0n) is 26.1. The van der Waals surface area contributed by atoms with Crippen LogP contribution in [0.4, 0.5) is 18.9 Å². The Kier molecular flexibility index (Phi) is 12.2. The molecular weight excluding hydrogens is 686 g/mol. The van der Waals surface area contributed by atoms with Crippen molar-refractivity contribution >= 4 is 50.7 Å². The molecule has 254 valence electrons. The number of nitrogens with zero attached hydrogens (tertiary/aromatic N) is 2. The van der Waals surface area contributed by atoms with E-state index in [1.54, 1.807) is 61.5 Å². The predicted octanol–water partition coefficient (Wildman–Crippen LogP) is 7.76.